The zero-order valence-corrected chi connectivity index (χ0v) is 18.3. The first-order valence-corrected chi connectivity index (χ1v) is 11.7. The molecule has 0 aromatic rings. The van der Waals surface area contributed by atoms with Crippen molar-refractivity contribution in [3.63, 3.8) is 0 Å². The monoisotopic (exact) mass is 368 g/mol. The predicted octanol–water partition coefficient (Wildman–Crippen LogP) is 8.23. The molecule has 0 atom stereocenters. The van der Waals surface area contributed by atoms with Gasteiger partial charge in [0.25, 0.3) is 0 Å². The van der Waals surface area contributed by atoms with Gasteiger partial charge < -0.3 is 4.74 Å². The molecule has 0 aliphatic heterocycles. The molecule has 0 unspecified atom stereocenters. The molecule has 2 nitrogen and oxygen atoms in total. The lowest BCUT2D eigenvalue weighted by Gasteiger charge is -2.05. The molecule has 26 heavy (non-hydrogen) atoms. The molecular formula is C24H48O2. The van der Waals surface area contributed by atoms with E-state index in [0.29, 0.717) is 6.42 Å². The second kappa shape index (κ2) is 20.8. The molecule has 0 aliphatic rings. The molecule has 0 aliphatic carbocycles. The van der Waals surface area contributed by atoms with Gasteiger partial charge in [-0.3, -0.25) is 4.79 Å². The standard InChI is InChI=1S/C24H48O2/c1-23(2)21-19-17-15-13-11-9-7-5-4-6-8-10-12-14-16-18-20-22-24(25)26-3/h23H,4-22H2,1-3H3. The molecule has 0 fully saturated rings. The van der Waals surface area contributed by atoms with Gasteiger partial charge in [0.2, 0.25) is 0 Å². The van der Waals surface area contributed by atoms with E-state index >= 15 is 0 Å². The highest BCUT2D eigenvalue weighted by Crippen LogP contribution is 2.15. The molecule has 156 valence electrons. The van der Waals surface area contributed by atoms with Gasteiger partial charge in [-0.15, -0.1) is 0 Å². The molecule has 0 amide bonds. The van der Waals surface area contributed by atoms with E-state index in [0.717, 1.165) is 12.3 Å². The summed E-state index contributed by atoms with van der Waals surface area (Å²) in [6, 6.07) is 0. The Bertz CT molecular complexity index is 286. The summed E-state index contributed by atoms with van der Waals surface area (Å²) < 4.78 is 4.65. The number of carbonyl (C=O) groups excluding carboxylic acids is 1. The number of hydrogen-bond donors (Lipinski definition) is 0. The summed E-state index contributed by atoms with van der Waals surface area (Å²) in [5, 5.41) is 0. The van der Waals surface area contributed by atoms with Gasteiger partial charge in [-0.25, -0.2) is 0 Å². The van der Waals surface area contributed by atoms with Crippen molar-refractivity contribution in [1.29, 1.82) is 0 Å². The van der Waals surface area contributed by atoms with Crippen molar-refractivity contribution in [2.75, 3.05) is 7.11 Å². The number of unbranched alkanes of at least 4 members (excludes halogenated alkanes) is 16. The largest absolute Gasteiger partial charge is 0.469 e. The van der Waals surface area contributed by atoms with Crippen LogP contribution in [0.25, 0.3) is 0 Å². The van der Waals surface area contributed by atoms with E-state index in [2.05, 4.69) is 18.6 Å². The van der Waals surface area contributed by atoms with Crippen LogP contribution in [0.4, 0.5) is 0 Å². The Kier molecular flexibility index (Phi) is 20.4. The van der Waals surface area contributed by atoms with Crippen LogP contribution in [-0.2, 0) is 9.53 Å². The van der Waals surface area contributed by atoms with Crippen LogP contribution in [0, 0.1) is 5.92 Å². The minimum absolute atomic E-state index is 0.0633. The maximum atomic E-state index is 11.0. The van der Waals surface area contributed by atoms with Crippen molar-refractivity contribution in [1.82, 2.24) is 0 Å². The predicted molar refractivity (Wildman–Crippen MR) is 115 cm³/mol. The van der Waals surface area contributed by atoms with E-state index in [1.165, 1.54) is 116 Å². The quantitative estimate of drug-likeness (QED) is 0.160. The average molecular weight is 369 g/mol. The first kappa shape index (κ1) is 25.5. The SMILES string of the molecule is COC(=O)CCCCCCCCCCCCCCCCCCCC(C)C. The molecule has 0 heterocycles. The summed E-state index contributed by atoms with van der Waals surface area (Å²) in [7, 11) is 1.47. The van der Waals surface area contributed by atoms with Crippen LogP contribution < -0.4 is 0 Å². The molecule has 0 N–H and O–H groups in total. The van der Waals surface area contributed by atoms with E-state index in [4.69, 9.17) is 0 Å². The third-order valence-corrected chi connectivity index (χ3v) is 5.39. The first-order valence-electron chi connectivity index (χ1n) is 11.7. The summed E-state index contributed by atoms with van der Waals surface area (Å²) in [4.78, 5) is 11.0. The normalized spacial score (nSPS) is 11.2. The number of rotatable bonds is 20. The van der Waals surface area contributed by atoms with Crippen molar-refractivity contribution in [3.05, 3.63) is 0 Å². The minimum Gasteiger partial charge on any atom is -0.469 e. The summed E-state index contributed by atoms with van der Waals surface area (Å²) in [5.74, 6) is 0.819. The van der Waals surface area contributed by atoms with Crippen molar-refractivity contribution >= 4 is 5.97 Å². The van der Waals surface area contributed by atoms with Gasteiger partial charge in [-0.1, -0.05) is 123 Å². The zero-order valence-electron chi connectivity index (χ0n) is 18.3. The van der Waals surface area contributed by atoms with Crippen molar-refractivity contribution in [2.45, 2.75) is 136 Å². The summed E-state index contributed by atoms with van der Waals surface area (Å²) in [6.07, 6.45) is 25.4. The molecule has 0 saturated carbocycles. The first-order chi connectivity index (χ1) is 12.7. The molecular weight excluding hydrogens is 320 g/mol. The van der Waals surface area contributed by atoms with Gasteiger partial charge in [-0.05, 0) is 12.3 Å². The van der Waals surface area contributed by atoms with Crippen LogP contribution in [0.15, 0.2) is 0 Å². The van der Waals surface area contributed by atoms with E-state index in [-0.39, 0.29) is 5.97 Å². The van der Waals surface area contributed by atoms with Gasteiger partial charge >= 0.3 is 5.97 Å². The molecule has 0 spiro atoms. The fourth-order valence-corrected chi connectivity index (χ4v) is 3.58. The topological polar surface area (TPSA) is 26.3 Å². The van der Waals surface area contributed by atoms with Gasteiger partial charge in [-0.2, -0.15) is 0 Å². The Morgan fingerprint density at radius 1 is 0.577 bits per heavy atom. The molecule has 0 rings (SSSR count). The molecule has 2 heteroatoms. The van der Waals surface area contributed by atoms with Crippen LogP contribution in [-0.4, -0.2) is 13.1 Å². The van der Waals surface area contributed by atoms with Crippen LogP contribution in [0.1, 0.15) is 136 Å². The Morgan fingerprint density at radius 2 is 0.885 bits per heavy atom. The number of methoxy groups -OCH3 is 1. The highest BCUT2D eigenvalue weighted by atomic mass is 16.5. The van der Waals surface area contributed by atoms with E-state index < -0.39 is 0 Å². The second-order valence-corrected chi connectivity index (χ2v) is 8.52. The lowest BCUT2D eigenvalue weighted by molar-refractivity contribution is -0.140. The zero-order chi connectivity index (χ0) is 19.3. The Hall–Kier alpha value is -0.530. The number of esters is 1. The van der Waals surface area contributed by atoms with Gasteiger partial charge in [0.15, 0.2) is 0 Å². The van der Waals surface area contributed by atoms with Crippen molar-refractivity contribution in [2.24, 2.45) is 5.92 Å². The van der Waals surface area contributed by atoms with Crippen LogP contribution in [0.2, 0.25) is 0 Å². The maximum Gasteiger partial charge on any atom is 0.305 e. The lowest BCUT2D eigenvalue weighted by atomic mass is 10.0. The highest BCUT2D eigenvalue weighted by molar-refractivity contribution is 5.68. The number of hydrogen-bond acceptors (Lipinski definition) is 2. The van der Waals surface area contributed by atoms with Crippen LogP contribution in [0.3, 0.4) is 0 Å². The van der Waals surface area contributed by atoms with Gasteiger partial charge in [0, 0.05) is 6.42 Å². The third kappa shape index (κ3) is 21.5. The lowest BCUT2D eigenvalue weighted by Crippen LogP contribution is -1.99. The van der Waals surface area contributed by atoms with E-state index in [9.17, 15) is 4.79 Å². The van der Waals surface area contributed by atoms with Crippen molar-refractivity contribution < 1.29 is 9.53 Å². The van der Waals surface area contributed by atoms with Crippen LogP contribution >= 0.6 is 0 Å². The van der Waals surface area contributed by atoms with Crippen molar-refractivity contribution in [3.8, 4) is 0 Å². The summed E-state index contributed by atoms with van der Waals surface area (Å²) >= 11 is 0. The highest BCUT2D eigenvalue weighted by Gasteiger charge is 1.99. The number of carbonyl (C=O) groups is 1. The van der Waals surface area contributed by atoms with E-state index in [1.807, 2.05) is 0 Å². The fourth-order valence-electron chi connectivity index (χ4n) is 3.58. The summed E-state index contributed by atoms with van der Waals surface area (Å²) in [5.41, 5.74) is 0. The number of ether oxygens (including phenoxy) is 1. The summed E-state index contributed by atoms with van der Waals surface area (Å²) in [6.45, 7) is 4.66. The second-order valence-electron chi connectivity index (χ2n) is 8.52. The fraction of sp³-hybridized carbons (Fsp3) is 0.958. The molecule has 0 saturated heterocycles. The smallest absolute Gasteiger partial charge is 0.305 e. The molecule has 0 aromatic heterocycles. The molecule has 0 bridgehead atoms. The maximum absolute atomic E-state index is 11.0. The average Bonchev–Trinajstić information content (AvgIpc) is 2.63. The molecule has 0 aromatic carbocycles. The van der Waals surface area contributed by atoms with Crippen LogP contribution in [0.5, 0.6) is 0 Å². The Labute approximate surface area is 164 Å². The van der Waals surface area contributed by atoms with E-state index in [1.54, 1.807) is 0 Å². The Balaban J connectivity index is 3.02. The van der Waals surface area contributed by atoms with Gasteiger partial charge in [0.1, 0.15) is 0 Å². The third-order valence-electron chi connectivity index (χ3n) is 5.39. The minimum atomic E-state index is -0.0633. The molecule has 0 radical (unpaired) electrons. The Morgan fingerprint density at radius 3 is 1.19 bits per heavy atom. The van der Waals surface area contributed by atoms with Gasteiger partial charge in [0.05, 0.1) is 7.11 Å².